The minimum Gasteiger partial charge on any atom is -0.478 e. The molecule has 0 aliphatic rings. The Morgan fingerprint density at radius 3 is 2.17 bits per heavy atom. The molecular formula is C18H19ClN2O3. The summed E-state index contributed by atoms with van der Waals surface area (Å²) in [6.07, 6.45) is 0. The predicted octanol–water partition coefficient (Wildman–Crippen LogP) is 4.14. The average Bonchev–Trinajstić information content (AvgIpc) is 2.57. The molecule has 2 aromatic rings. The zero-order valence-corrected chi connectivity index (χ0v) is 14.3. The van der Waals surface area contributed by atoms with Gasteiger partial charge in [0.05, 0.1) is 16.9 Å². The van der Waals surface area contributed by atoms with E-state index in [0.717, 1.165) is 18.8 Å². The average molecular weight is 347 g/mol. The normalized spacial score (nSPS) is 10.3. The first-order valence-electron chi connectivity index (χ1n) is 7.65. The van der Waals surface area contributed by atoms with Gasteiger partial charge in [0.25, 0.3) is 5.91 Å². The molecule has 0 atom stereocenters. The lowest BCUT2D eigenvalue weighted by molar-refractivity contribution is 0.0696. The molecule has 24 heavy (non-hydrogen) atoms. The predicted molar refractivity (Wildman–Crippen MR) is 96.4 cm³/mol. The quantitative estimate of drug-likeness (QED) is 0.824. The number of hydrogen-bond donors (Lipinski definition) is 2. The van der Waals surface area contributed by atoms with Crippen LogP contribution < -0.4 is 10.2 Å². The first-order chi connectivity index (χ1) is 11.5. The first-order valence-corrected chi connectivity index (χ1v) is 8.03. The van der Waals surface area contributed by atoms with Crippen LogP contribution in [0.15, 0.2) is 42.5 Å². The Morgan fingerprint density at radius 1 is 1.04 bits per heavy atom. The Bertz CT molecular complexity index is 740. The van der Waals surface area contributed by atoms with Crippen LogP contribution >= 0.6 is 11.6 Å². The molecule has 0 saturated carbocycles. The molecule has 0 aliphatic carbocycles. The molecule has 0 radical (unpaired) electrons. The summed E-state index contributed by atoms with van der Waals surface area (Å²) in [6, 6.07) is 11.2. The van der Waals surface area contributed by atoms with E-state index >= 15 is 0 Å². The van der Waals surface area contributed by atoms with Gasteiger partial charge in [0, 0.05) is 23.7 Å². The number of rotatable bonds is 6. The van der Waals surface area contributed by atoms with E-state index in [4.69, 9.17) is 11.6 Å². The van der Waals surface area contributed by atoms with Crippen molar-refractivity contribution in [2.24, 2.45) is 0 Å². The van der Waals surface area contributed by atoms with E-state index in [9.17, 15) is 14.7 Å². The molecule has 1 amide bonds. The van der Waals surface area contributed by atoms with Gasteiger partial charge in [-0.05, 0) is 56.3 Å². The number of halogens is 1. The molecule has 6 heteroatoms. The minimum atomic E-state index is -1.04. The van der Waals surface area contributed by atoms with Gasteiger partial charge in [-0.3, -0.25) is 4.79 Å². The highest BCUT2D eigenvalue weighted by atomic mass is 35.5. The summed E-state index contributed by atoms with van der Waals surface area (Å²) in [5.41, 5.74) is 1.83. The van der Waals surface area contributed by atoms with Crippen LogP contribution in [-0.4, -0.2) is 30.1 Å². The number of carbonyl (C=O) groups excluding carboxylic acids is 1. The van der Waals surface area contributed by atoms with Crippen molar-refractivity contribution < 1.29 is 14.7 Å². The fourth-order valence-electron chi connectivity index (χ4n) is 2.40. The van der Waals surface area contributed by atoms with E-state index in [1.165, 1.54) is 12.1 Å². The maximum atomic E-state index is 12.4. The largest absolute Gasteiger partial charge is 0.478 e. The fourth-order valence-corrected chi connectivity index (χ4v) is 2.53. The third-order valence-corrected chi connectivity index (χ3v) is 3.95. The molecule has 2 N–H and O–H groups in total. The van der Waals surface area contributed by atoms with Crippen LogP contribution in [0.2, 0.25) is 5.02 Å². The Balaban J connectivity index is 2.38. The molecule has 0 aliphatic heterocycles. The Morgan fingerprint density at radius 2 is 1.62 bits per heavy atom. The van der Waals surface area contributed by atoms with Crippen LogP contribution in [0.25, 0.3) is 0 Å². The van der Waals surface area contributed by atoms with E-state index in [0.29, 0.717) is 16.3 Å². The number of aromatic carboxylic acids is 1. The zero-order valence-electron chi connectivity index (χ0n) is 13.5. The zero-order chi connectivity index (χ0) is 17.7. The third-order valence-electron chi connectivity index (χ3n) is 3.70. The van der Waals surface area contributed by atoms with Crippen molar-refractivity contribution in [1.82, 2.24) is 0 Å². The highest BCUT2D eigenvalue weighted by Crippen LogP contribution is 2.28. The van der Waals surface area contributed by atoms with Gasteiger partial charge in [-0.15, -0.1) is 0 Å². The molecule has 0 heterocycles. The lowest BCUT2D eigenvalue weighted by Crippen LogP contribution is -2.24. The number of carbonyl (C=O) groups is 2. The molecule has 0 fully saturated rings. The van der Waals surface area contributed by atoms with Crippen molar-refractivity contribution in [3.63, 3.8) is 0 Å². The monoisotopic (exact) mass is 346 g/mol. The summed E-state index contributed by atoms with van der Waals surface area (Å²) in [5.74, 6) is -1.36. The van der Waals surface area contributed by atoms with Gasteiger partial charge in [0.1, 0.15) is 0 Å². The molecule has 126 valence electrons. The van der Waals surface area contributed by atoms with Crippen LogP contribution in [0.3, 0.4) is 0 Å². The topological polar surface area (TPSA) is 69.6 Å². The Hall–Kier alpha value is -2.53. The summed E-state index contributed by atoms with van der Waals surface area (Å²) < 4.78 is 0. The Labute approximate surface area is 145 Å². The van der Waals surface area contributed by atoms with Gasteiger partial charge in [0.2, 0.25) is 0 Å². The van der Waals surface area contributed by atoms with Crippen LogP contribution in [0.1, 0.15) is 34.6 Å². The van der Waals surface area contributed by atoms with Gasteiger partial charge in [0.15, 0.2) is 0 Å². The second-order valence-electron chi connectivity index (χ2n) is 5.17. The van der Waals surface area contributed by atoms with Crippen LogP contribution in [0, 0.1) is 0 Å². The summed E-state index contributed by atoms with van der Waals surface area (Å²) in [4.78, 5) is 25.7. The second-order valence-corrected chi connectivity index (χ2v) is 5.61. The van der Waals surface area contributed by atoms with Gasteiger partial charge in [-0.1, -0.05) is 11.6 Å². The Kier molecular flexibility index (Phi) is 5.82. The van der Waals surface area contributed by atoms with Crippen molar-refractivity contribution in [1.29, 1.82) is 0 Å². The molecule has 0 spiro atoms. The number of carboxylic acid groups (broad SMARTS) is 1. The number of nitrogens with one attached hydrogen (secondary N) is 1. The van der Waals surface area contributed by atoms with Crippen molar-refractivity contribution in [3.05, 3.63) is 58.6 Å². The van der Waals surface area contributed by atoms with E-state index in [1.807, 2.05) is 18.7 Å². The fraction of sp³-hybridized carbons (Fsp3) is 0.222. The SMILES string of the molecule is CCN(CC)c1ccc(C(=O)O)cc1NC(=O)c1ccc(Cl)cc1. The van der Waals surface area contributed by atoms with Crippen LogP contribution in [0.4, 0.5) is 11.4 Å². The number of hydrogen-bond acceptors (Lipinski definition) is 3. The maximum Gasteiger partial charge on any atom is 0.335 e. The van der Waals surface area contributed by atoms with E-state index < -0.39 is 5.97 Å². The summed E-state index contributed by atoms with van der Waals surface area (Å²) >= 11 is 5.83. The highest BCUT2D eigenvalue weighted by molar-refractivity contribution is 6.30. The van der Waals surface area contributed by atoms with Crippen molar-refractivity contribution in [3.8, 4) is 0 Å². The number of benzene rings is 2. The molecule has 2 aromatic carbocycles. The summed E-state index contributed by atoms with van der Waals surface area (Å²) in [5, 5.41) is 12.5. The third kappa shape index (κ3) is 4.06. The molecule has 2 rings (SSSR count). The van der Waals surface area contributed by atoms with E-state index in [-0.39, 0.29) is 11.5 Å². The highest BCUT2D eigenvalue weighted by Gasteiger charge is 2.15. The van der Waals surface area contributed by atoms with Crippen molar-refractivity contribution in [2.75, 3.05) is 23.3 Å². The van der Waals surface area contributed by atoms with Crippen molar-refractivity contribution in [2.45, 2.75) is 13.8 Å². The number of anilines is 2. The molecule has 0 unspecified atom stereocenters. The molecule has 0 bridgehead atoms. The molecule has 0 aromatic heterocycles. The van der Waals surface area contributed by atoms with Gasteiger partial charge in [-0.2, -0.15) is 0 Å². The number of amides is 1. The number of carboxylic acids is 1. The van der Waals surface area contributed by atoms with Gasteiger partial charge in [-0.25, -0.2) is 4.79 Å². The van der Waals surface area contributed by atoms with Gasteiger partial charge < -0.3 is 15.3 Å². The van der Waals surface area contributed by atoms with Gasteiger partial charge >= 0.3 is 5.97 Å². The molecule has 0 saturated heterocycles. The molecular weight excluding hydrogens is 328 g/mol. The van der Waals surface area contributed by atoms with Crippen LogP contribution in [0.5, 0.6) is 0 Å². The summed E-state index contributed by atoms with van der Waals surface area (Å²) in [7, 11) is 0. The second kappa shape index (κ2) is 7.84. The lowest BCUT2D eigenvalue weighted by Gasteiger charge is -2.24. The lowest BCUT2D eigenvalue weighted by atomic mass is 10.1. The first kappa shape index (κ1) is 17.8. The number of nitrogens with zero attached hydrogens (tertiary/aromatic N) is 1. The van der Waals surface area contributed by atoms with E-state index in [2.05, 4.69) is 5.32 Å². The minimum absolute atomic E-state index is 0.123. The molecule has 5 nitrogen and oxygen atoms in total. The van der Waals surface area contributed by atoms with Crippen LogP contribution in [-0.2, 0) is 0 Å². The maximum absolute atomic E-state index is 12.4. The standard InChI is InChI=1S/C18H19ClN2O3/c1-3-21(4-2)16-10-7-13(18(23)24)11-15(16)20-17(22)12-5-8-14(19)9-6-12/h5-11H,3-4H2,1-2H3,(H,20,22)(H,23,24). The van der Waals surface area contributed by atoms with E-state index in [1.54, 1.807) is 30.3 Å². The van der Waals surface area contributed by atoms with Crippen molar-refractivity contribution >= 4 is 34.9 Å². The smallest absolute Gasteiger partial charge is 0.335 e. The summed E-state index contributed by atoms with van der Waals surface area (Å²) in [6.45, 7) is 5.48.